The first-order valence-electron chi connectivity index (χ1n) is 6.59. The van der Waals surface area contributed by atoms with Gasteiger partial charge in [0.25, 0.3) is 0 Å². The van der Waals surface area contributed by atoms with Crippen LogP contribution in [0.1, 0.15) is 19.8 Å². The van der Waals surface area contributed by atoms with Gasteiger partial charge in [0.2, 0.25) is 16.0 Å². The molecular weight excluding hydrogens is 312 g/mol. The first kappa shape index (κ1) is 16.6. The fourth-order valence-electron chi connectivity index (χ4n) is 2.27. The molecule has 0 spiro atoms. The molecule has 1 aliphatic heterocycles. The van der Waals surface area contributed by atoms with Crippen LogP contribution in [0.2, 0.25) is 0 Å². The van der Waals surface area contributed by atoms with E-state index in [2.05, 4.69) is 14.7 Å². The third-order valence-corrected chi connectivity index (χ3v) is 4.90. The summed E-state index contributed by atoms with van der Waals surface area (Å²) in [7, 11) is -2.54. The lowest BCUT2D eigenvalue weighted by atomic mass is 9.93. The third-order valence-electron chi connectivity index (χ3n) is 3.42. The number of nitrogens with two attached hydrogens (primary N) is 1. The Kier molecular flexibility index (Phi) is 4.63. The highest BCUT2D eigenvalue weighted by molar-refractivity contribution is 7.89. The van der Waals surface area contributed by atoms with Gasteiger partial charge in [0.05, 0.1) is 19.5 Å². The second kappa shape index (κ2) is 6.15. The number of nitrogen functional groups attached to an aromatic ring is 1. The Balaban J connectivity index is 2.12. The van der Waals surface area contributed by atoms with E-state index in [1.54, 1.807) is 6.92 Å². The minimum absolute atomic E-state index is 0.0108. The van der Waals surface area contributed by atoms with Crippen molar-refractivity contribution in [1.29, 1.82) is 0 Å². The number of ether oxygens (including phenoxy) is 2. The fraction of sp³-hybridized carbons (Fsp3) is 0.583. The van der Waals surface area contributed by atoms with Crippen LogP contribution >= 0.6 is 0 Å². The maximum Gasteiger partial charge on any atom is 0.337 e. The van der Waals surface area contributed by atoms with Crippen LogP contribution in [-0.2, 0) is 24.3 Å². The molecule has 10 heteroatoms. The van der Waals surface area contributed by atoms with E-state index in [1.165, 1.54) is 7.11 Å². The summed E-state index contributed by atoms with van der Waals surface area (Å²) in [5.41, 5.74) is 4.16. The minimum Gasteiger partial charge on any atom is -0.467 e. The number of hydrogen-bond donors (Lipinski definition) is 2. The maximum atomic E-state index is 12.3. The standard InChI is InChI=1S/C12H18N4O5S/c1-12(10(17)20-2)5-8(3-4-21-12)16-22(18,19)9-6-14-11(13)15-7-9/h6-8,16H,3-5H2,1-2H3,(H2,13,14,15). The van der Waals surface area contributed by atoms with Crippen molar-refractivity contribution in [2.24, 2.45) is 0 Å². The zero-order chi connectivity index (χ0) is 16.4. The van der Waals surface area contributed by atoms with E-state index in [0.717, 1.165) is 12.4 Å². The van der Waals surface area contributed by atoms with Gasteiger partial charge in [0, 0.05) is 19.1 Å². The molecule has 1 saturated heterocycles. The van der Waals surface area contributed by atoms with Crippen LogP contribution < -0.4 is 10.5 Å². The molecule has 0 radical (unpaired) electrons. The number of hydrogen-bond acceptors (Lipinski definition) is 8. The molecule has 0 aromatic carbocycles. The molecule has 3 N–H and O–H groups in total. The van der Waals surface area contributed by atoms with Crippen LogP contribution in [0.4, 0.5) is 5.95 Å². The molecule has 0 aliphatic carbocycles. The summed E-state index contributed by atoms with van der Waals surface area (Å²) in [4.78, 5) is 19.0. The number of nitrogens with zero attached hydrogens (tertiary/aromatic N) is 2. The smallest absolute Gasteiger partial charge is 0.337 e. The lowest BCUT2D eigenvalue weighted by molar-refractivity contribution is -0.174. The van der Waals surface area contributed by atoms with Crippen LogP contribution in [0.15, 0.2) is 17.3 Å². The number of anilines is 1. The summed E-state index contributed by atoms with van der Waals surface area (Å²) in [6.07, 6.45) is 2.88. The molecule has 22 heavy (non-hydrogen) atoms. The zero-order valence-electron chi connectivity index (χ0n) is 12.3. The lowest BCUT2D eigenvalue weighted by Crippen LogP contribution is -2.51. The van der Waals surface area contributed by atoms with E-state index in [0.29, 0.717) is 6.42 Å². The summed E-state index contributed by atoms with van der Waals surface area (Å²) in [6.45, 7) is 1.82. The van der Waals surface area contributed by atoms with Crippen LogP contribution in [0.25, 0.3) is 0 Å². The predicted octanol–water partition coefficient (Wildman–Crippen LogP) is -0.552. The van der Waals surface area contributed by atoms with Crippen molar-refractivity contribution in [1.82, 2.24) is 14.7 Å². The Hall–Kier alpha value is -1.78. The van der Waals surface area contributed by atoms with E-state index in [1.807, 2.05) is 0 Å². The van der Waals surface area contributed by atoms with Gasteiger partial charge in [-0.2, -0.15) is 0 Å². The molecular formula is C12H18N4O5S. The molecule has 2 heterocycles. The quantitative estimate of drug-likeness (QED) is 0.702. The van der Waals surface area contributed by atoms with E-state index in [4.69, 9.17) is 15.2 Å². The SMILES string of the molecule is COC(=O)C1(C)CC(NS(=O)(=O)c2cnc(N)nc2)CCO1. The van der Waals surface area contributed by atoms with Crippen LogP contribution in [-0.4, -0.2) is 49.7 Å². The summed E-state index contributed by atoms with van der Waals surface area (Å²) in [5.74, 6) is -0.546. The summed E-state index contributed by atoms with van der Waals surface area (Å²) < 4.78 is 37.2. The molecule has 2 atom stereocenters. The Morgan fingerprint density at radius 1 is 1.50 bits per heavy atom. The zero-order valence-corrected chi connectivity index (χ0v) is 13.1. The molecule has 0 amide bonds. The fourth-order valence-corrected chi connectivity index (χ4v) is 3.43. The minimum atomic E-state index is -3.80. The van der Waals surface area contributed by atoms with Gasteiger partial charge in [0.15, 0.2) is 5.60 Å². The number of rotatable bonds is 4. The number of carbonyl (C=O) groups excluding carboxylic acids is 1. The molecule has 1 aliphatic rings. The van der Waals surface area contributed by atoms with Gasteiger partial charge in [0.1, 0.15) is 4.90 Å². The highest BCUT2D eigenvalue weighted by Crippen LogP contribution is 2.27. The van der Waals surface area contributed by atoms with E-state index >= 15 is 0 Å². The predicted molar refractivity (Wildman–Crippen MR) is 76.2 cm³/mol. The molecule has 1 aromatic rings. The molecule has 9 nitrogen and oxygen atoms in total. The average Bonchev–Trinajstić information content (AvgIpc) is 2.46. The summed E-state index contributed by atoms with van der Waals surface area (Å²) in [6, 6.07) is -0.458. The van der Waals surface area contributed by atoms with Crippen LogP contribution in [0, 0.1) is 0 Å². The average molecular weight is 330 g/mol. The molecule has 0 bridgehead atoms. The largest absolute Gasteiger partial charge is 0.467 e. The first-order chi connectivity index (χ1) is 10.3. The Morgan fingerprint density at radius 2 is 2.14 bits per heavy atom. The molecule has 0 saturated carbocycles. The van der Waals surface area contributed by atoms with Crippen molar-refractivity contribution in [3.8, 4) is 0 Å². The molecule has 2 rings (SSSR count). The first-order valence-corrected chi connectivity index (χ1v) is 8.07. The van der Waals surface area contributed by atoms with Gasteiger partial charge in [-0.25, -0.2) is 27.9 Å². The number of methoxy groups -OCH3 is 1. The van der Waals surface area contributed by atoms with Gasteiger partial charge >= 0.3 is 5.97 Å². The molecule has 1 aromatic heterocycles. The van der Waals surface area contributed by atoms with E-state index in [9.17, 15) is 13.2 Å². The van der Waals surface area contributed by atoms with Crippen LogP contribution in [0.5, 0.6) is 0 Å². The van der Waals surface area contributed by atoms with Gasteiger partial charge in [-0.05, 0) is 13.3 Å². The van der Waals surface area contributed by atoms with Gasteiger partial charge in [-0.3, -0.25) is 0 Å². The van der Waals surface area contributed by atoms with E-state index in [-0.39, 0.29) is 23.9 Å². The third kappa shape index (κ3) is 3.51. The van der Waals surface area contributed by atoms with Crippen molar-refractivity contribution in [2.45, 2.75) is 36.3 Å². The molecule has 1 fully saturated rings. The highest BCUT2D eigenvalue weighted by Gasteiger charge is 2.42. The normalized spacial score (nSPS) is 25.6. The Morgan fingerprint density at radius 3 is 2.73 bits per heavy atom. The second-order valence-corrected chi connectivity index (χ2v) is 6.87. The number of nitrogens with one attached hydrogen (secondary N) is 1. The van der Waals surface area contributed by atoms with E-state index < -0.39 is 27.6 Å². The molecule has 2 unspecified atom stereocenters. The van der Waals surface area contributed by atoms with Crippen molar-refractivity contribution in [3.63, 3.8) is 0 Å². The topological polar surface area (TPSA) is 134 Å². The monoisotopic (exact) mass is 330 g/mol. The van der Waals surface area contributed by atoms with Gasteiger partial charge < -0.3 is 15.2 Å². The second-order valence-electron chi connectivity index (χ2n) is 5.16. The van der Waals surface area contributed by atoms with Crippen molar-refractivity contribution in [3.05, 3.63) is 12.4 Å². The van der Waals surface area contributed by atoms with Crippen molar-refractivity contribution in [2.75, 3.05) is 19.5 Å². The van der Waals surface area contributed by atoms with Crippen molar-refractivity contribution >= 4 is 21.9 Å². The van der Waals surface area contributed by atoms with Gasteiger partial charge in [-0.15, -0.1) is 0 Å². The van der Waals surface area contributed by atoms with Crippen molar-refractivity contribution < 1.29 is 22.7 Å². The summed E-state index contributed by atoms with van der Waals surface area (Å²) >= 11 is 0. The molecule has 122 valence electrons. The number of aromatic nitrogens is 2. The highest BCUT2D eigenvalue weighted by atomic mass is 32.2. The summed E-state index contributed by atoms with van der Waals surface area (Å²) in [5, 5.41) is 0. The van der Waals surface area contributed by atoms with Crippen LogP contribution in [0.3, 0.4) is 0 Å². The number of esters is 1. The number of carbonyl (C=O) groups is 1. The maximum absolute atomic E-state index is 12.3. The Bertz CT molecular complexity index is 648. The van der Waals surface area contributed by atoms with Gasteiger partial charge in [-0.1, -0.05) is 0 Å². The lowest BCUT2D eigenvalue weighted by Gasteiger charge is -2.35. The Labute approximate surface area is 128 Å². The number of sulfonamides is 1.